The van der Waals surface area contributed by atoms with E-state index in [1.807, 2.05) is 30.3 Å². The maximum Gasteiger partial charge on any atom is 0.120 e. The maximum atomic E-state index is 6.31. The largest absolute Gasteiger partial charge is 0.490 e. The molecule has 1 fully saturated rings. The fourth-order valence-corrected chi connectivity index (χ4v) is 2.77. The van der Waals surface area contributed by atoms with E-state index in [0.29, 0.717) is 16.1 Å². The van der Waals surface area contributed by atoms with E-state index in [2.05, 4.69) is 0 Å². The molecule has 2 nitrogen and oxygen atoms in total. The van der Waals surface area contributed by atoms with Gasteiger partial charge in [-0.3, -0.25) is 0 Å². The van der Waals surface area contributed by atoms with Gasteiger partial charge in [-0.25, -0.2) is 0 Å². The number of rotatable bonds is 4. The normalized spacial score (nSPS) is 15.9. The molecule has 0 bridgehead atoms. The molecule has 0 aromatic heterocycles. The lowest BCUT2D eigenvalue weighted by Gasteiger charge is -2.17. The van der Waals surface area contributed by atoms with Gasteiger partial charge in [0.05, 0.1) is 12.1 Å². The Morgan fingerprint density at radius 1 is 1.05 bits per heavy atom. The van der Waals surface area contributed by atoms with E-state index >= 15 is 0 Å². The van der Waals surface area contributed by atoms with Gasteiger partial charge in [0, 0.05) is 15.6 Å². The third-order valence-corrected chi connectivity index (χ3v) is 4.01. The van der Waals surface area contributed by atoms with Crippen molar-refractivity contribution in [3.8, 4) is 5.75 Å². The lowest BCUT2D eigenvalue weighted by atomic mass is 9.99. The maximum absolute atomic E-state index is 6.31. The molecule has 20 heavy (non-hydrogen) atoms. The van der Waals surface area contributed by atoms with Crippen molar-refractivity contribution < 1.29 is 4.74 Å². The SMILES string of the molecule is NC(c1cccc(OC2CC2)c1)c1c(Cl)cccc1Cl. The predicted molar refractivity (Wildman–Crippen MR) is 82.6 cm³/mol. The second-order valence-corrected chi connectivity index (χ2v) is 5.82. The van der Waals surface area contributed by atoms with Crippen LogP contribution in [-0.4, -0.2) is 6.10 Å². The highest BCUT2D eigenvalue weighted by molar-refractivity contribution is 6.36. The summed E-state index contributed by atoms with van der Waals surface area (Å²) >= 11 is 12.4. The van der Waals surface area contributed by atoms with E-state index in [1.54, 1.807) is 12.1 Å². The Morgan fingerprint density at radius 2 is 1.70 bits per heavy atom. The number of halogens is 2. The smallest absolute Gasteiger partial charge is 0.120 e. The summed E-state index contributed by atoms with van der Waals surface area (Å²) in [5, 5.41) is 1.16. The third-order valence-electron chi connectivity index (χ3n) is 3.36. The van der Waals surface area contributed by atoms with Gasteiger partial charge in [-0.1, -0.05) is 41.4 Å². The first-order valence-corrected chi connectivity index (χ1v) is 7.37. The molecule has 0 heterocycles. The summed E-state index contributed by atoms with van der Waals surface area (Å²) in [5.41, 5.74) is 8.00. The fourth-order valence-electron chi connectivity index (χ4n) is 2.13. The van der Waals surface area contributed by atoms with Gasteiger partial charge in [-0.2, -0.15) is 0 Å². The molecule has 0 spiro atoms. The van der Waals surface area contributed by atoms with Gasteiger partial charge in [0.15, 0.2) is 0 Å². The van der Waals surface area contributed by atoms with Gasteiger partial charge in [-0.05, 0) is 42.7 Å². The van der Waals surface area contributed by atoms with Crippen LogP contribution in [0.25, 0.3) is 0 Å². The molecule has 0 aliphatic heterocycles. The van der Waals surface area contributed by atoms with Gasteiger partial charge in [0.25, 0.3) is 0 Å². The molecule has 1 atom stereocenters. The first kappa shape index (κ1) is 13.7. The molecule has 2 N–H and O–H groups in total. The quantitative estimate of drug-likeness (QED) is 0.897. The minimum atomic E-state index is -0.362. The van der Waals surface area contributed by atoms with Crippen molar-refractivity contribution in [2.45, 2.75) is 25.0 Å². The van der Waals surface area contributed by atoms with Crippen LogP contribution in [0.5, 0.6) is 5.75 Å². The predicted octanol–water partition coefficient (Wildman–Crippen LogP) is 4.58. The third kappa shape index (κ3) is 2.93. The van der Waals surface area contributed by atoms with E-state index < -0.39 is 0 Å². The van der Waals surface area contributed by atoms with E-state index in [0.717, 1.165) is 29.7 Å². The van der Waals surface area contributed by atoms with Crippen molar-refractivity contribution in [1.29, 1.82) is 0 Å². The molecule has 4 heteroatoms. The van der Waals surface area contributed by atoms with E-state index in [4.69, 9.17) is 33.7 Å². The van der Waals surface area contributed by atoms with E-state index in [9.17, 15) is 0 Å². The van der Waals surface area contributed by atoms with Crippen LogP contribution in [0.4, 0.5) is 0 Å². The number of benzene rings is 2. The number of hydrogen-bond acceptors (Lipinski definition) is 2. The first-order valence-electron chi connectivity index (χ1n) is 6.61. The zero-order chi connectivity index (χ0) is 14.1. The van der Waals surface area contributed by atoms with Crippen molar-refractivity contribution in [2.24, 2.45) is 5.73 Å². The monoisotopic (exact) mass is 307 g/mol. The molecule has 0 amide bonds. The molecule has 1 aliphatic carbocycles. The fraction of sp³-hybridized carbons (Fsp3) is 0.250. The van der Waals surface area contributed by atoms with Crippen LogP contribution in [0.3, 0.4) is 0 Å². The van der Waals surface area contributed by atoms with Crippen molar-refractivity contribution in [2.75, 3.05) is 0 Å². The topological polar surface area (TPSA) is 35.2 Å². The van der Waals surface area contributed by atoms with Crippen LogP contribution < -0.4 is 10.5 Å². The van der Waals surface area contributed by atoms with Gasteiger partial charge in [0.1, 0.15) is 5.75 Å². The Balaban J connectivity index is 1.91. The molecule has 2 aromatic rings. The Morgan fingerprint density at radius 3 is 2.35 bits per heavy atom. The van der Waals surface area contributed by atoms with Gasteiger partial charge < -0.3 is 10.5 Å². The summed E-state index contributed by atoms with van der Waals surface area (Å²) in [5.74, 6) is 0.851. The Bertz CT molecular complexity index is 605. The Kier molecular flexibility index (Phi) is 3.88. The second kappa shape index (κ2) is 5.65. The average Bonchev–Trinajstić information content (AvgIpc) is 3.22. The van der Waals surface area contributed by atoms with Crippen molar-refractivity contribution in [1.82, 2.24) is 0 Å². The standard InChI is InChI=1S/C16H15Cl2NO/c17-13-5-2-6-14(18)15(13)16(19)10-3-1-4-12(9-10)20-11-7-8-11/h1-6,9,11,16H,7-8,19H2. The zero-order valence-corrected chi connectivity index (χ0v) is 12.4. The minimum absolute atomic E-state index is 0.362. The summed E-state index contributed by atoms with van der Waals surface area (Å²) in [4.78, 5) is 0. The summed E-state index contributed by atoms with van der Waals surface area (Å²) in [6.45, 7) is 0. The summed E-state index contributed by atoms with van der Waals surface area (Å²) in [6.07, 6.45) is 2.63. The second-order valence-electron chi connectivity index (χ2n) is 5.00. The molecule has 3 rings (SSSR count). The average molecular weight is 308 g/mol. The lowest BCUT2D eigenvalue weighted by Crippen LogP contribution is -2.13. The first-order chi connectivity index (χ1) is 9.65. The number of ether oxygens (including phenoxy) is 1. The molecule has 2 aromatic carbocycles. The Hall–Kier alpha value is -1.22. The van der Waals surface area contributed by atoms with E-state index in [1.165, 1.54) is 0 Å². The van der Waals surface area contributed by atoms with Crippen LogP contribution in [0, 0.1) is 0 Å². The van der Waals surface area contributed by atoms with Gasteiger partial charge in [-0.15, -0.1) is 0 Å². The van der Waals surface area contributed by atoms with Crippen LogP contribution in [0.2, 0.25) is 10.0 Å². The Labute approximate surface area is 128 Å². The highest BCUT2D eigenvalue weighted by atomic mass is 35.5. The van der Waals surface area contributed by atoms with Crippen molar-refractivity contribution >= 4 is 23.2 Å². The van der Waals surface area contributed by atoms with Crippen LogP contribution in [0.15, 0.2) is 42.5 Å². The van der Waals surface area contributed by atoms with Crippen LogP contribution >= 0.6 is 23.2 Å². The number of nitrogens with two attached hydrogens (primary N) is 1. The van der Waals surface area contributed by atoms with Crippen LogP contribution in [-0.2, 0) is 0 Å². The molecule has 104 valence electrons. The summed E-state index contributed by atoms with van der Waals surface area (Å²) in [7, 11) is 0. The molecule has 1 aliphatic rings. The van der Waals surface area contributed by atoms with Crippen molar-refractivity contribution in [3.05, 3.63) is 63.6 Å². The van der Waals surface area contributed by atoms with E-state index in [-0.39, 0.29) is 6.04 Å². The molecule has 0 radical (unpaired) electrons. The molecule has 1 unspecified atom stereocenters. The lowest BCUT2D eigenvalue weighted by molar-refractivity contribution is 0.303. The molecular formula is C16H15Cl2NO. The van der Waals surface area contributed by atoms with Gasteiger partial charge in [0.2, 0.25) is 0 Å². The molecular weight excluding hydrogens is 293 g/mol. The van der Waals surface area contributed by atoms with Crippen LogP contribution in [0.1, 0.15) is 30.0 Å². The number of hydrogen-bond donors (Lipinski definition) is 1. The summed E-state index contributed by atoms with van der Waals surface area (Å²) < 4.78 is 5.79. The highest BCUT2D eigenvalue weighted by Crippen LogP contribution is 2.34. The zero-order valence-electron chi connectivity index (χ0n) is 10.9. The molecule has 0 saturated heterocycles. The van der Waals surface area contributed by atoms with Gasteiger partial charge >= 0.3 is 0 Å². The highest BCUT2D eigenvalue weighted by Gasteiger charge is 2.24. The van der Waals surface area contributed by atoms with Crippen molar-refractivity contribution in [3.63, 3.8) is 0 Å². The molecule has 1 saturated carbocycles. The summed E-state index contributed by atoms with van der Waals surface area (Å²) in [6, 6.07) is 12.9. The minimum Gasteiger partial charge on any atom is -0.490 e.